The van der Waals surface area contributed by atoms with Gasteiger partial charge in [-0.25, -0.2) is 17.9 Å². The molecular formula is C23H28N2O3S. The van der Waals surface area contributed by atoms with Gasteiger partial charge in [0.05, 0.1) is 4.90 Å². The molecule has 0 bridgehead atoms. The van der Waals surface area contributed by atoms with Crippen LogP contribution in [0.2, 0.25) is 0 Å². The summed E-state index contributed by atoms with van der Waals surface area (Å²) in [7, 11) is -3.93. The van der Waals surface area contributed by atoms with E-state index in [0.29, 0.717) is 0 Å². The minimum atomic E-state index is -3.93. The second-order valence-electron chi connectivity index (χ2n) is 9.07. The van der Waals surface area contributed by atoms with Crippen LogP contribution in [0.5, 0.6) is 0 Å². The van der Waals surface area contributed by atoms with E-state index in [0.717, 1.165) is 49.8 Å². The molecule has 0 saturated heterocycles. The maximum absolute atomic E-state index is 12.7. The molecule has 0 saturated carbocycles. The summed E-state index contributed by atoms with van der Waals surface area (Å²) in [6, 6.07) is 8.27. The number of rotatable bonds is 3. The lowest BCUT2D eigenvalue weighted by atomic mass is 9.87. The average molecular weight is 413 g/mol. The van der Waals surface area contributed by atoms with Gasteiger partial charge in [0, 0.05) is 5.69 Å². The molecule has 0 aromatic heterocycles. The molecular weight excluding hydrogens is 384 g/mol. The van der Waals surface area contributed by atoms with E-state index >= 15 is 0 Å². The van der Waals surface area contributed by atoms with Crippen molar-refractivity contribution in [3.8, 4) is 0 Å². The topological polar surface area (TPSA) is 75.3 Å². The van der Waals surface area contributed by atoms with Crippen LogP contribution in [-0.2, 0) is 41.1 Å². The third kappa shape index (κ3) is 3.90. The standard InChI is InChI=1S/C23H28N2O3S/c1-23(2,3)17-10-12-18(13-11-17)29(27,28)25-22(26)24-21-19-8-4-6-15(19)14-16-7-5-9-20(16)21/h10-14H,4-9H2,1-3H3,(H2,24,25,26). The molecule has 2 amide bonds. The van der Waals surface area contributed by atoms with Gasteiger partial charge < -0.3 is 5.32 Å². The fourth-order valence-corrected chi connectivity index (χ4v) is 5.33. The van der Waals surface area contributed by atoms with Gasteiger partial charge in [-0.15, -0.1) is 0 Å². The first-order chi connectivity index (χ1) is 13.6. The maximum Gasteiger partial charge on any atom is 0.333 e. The van der Waals surface area contributed by atoms with Crippen LogP contribution in [0.3, 0.4) is 0 Å². The number of urea groups is 1. The lowest BCUT2D eigenvalue weighted by Crippen LogP contribution is -2.35. The highest BCUT2D eigenvalue weighted by Crippen LogP contribution is 2.38. The highest BCUT2D eigenvalue weighted by molar-refractivity contribution is 7.90. The number of sulfonamides is 1. The van der Waals surface area contributed by atoms with Crippen molar-refractivity contribution in [1.29, 1.82) is 0 Å². The molecule has 4 rings (SSSR count). The van der Waals surface area contributed by atoms with Crippen molar-refractivity contribution >= 4 is 21.7 Å². The van der Waals surface area contributed by atoms with Gasteiger partial charge in [0.25, 0.3) is 10.0 Å². The molecule has 0 radical (unpaired) electrons. The predicted octanol–water partition coefficient (Wildman–Crippen LogP) is 4.47. The number of aryl methyl sites for hydroxylation is 2. The number of amides is 2. The molecule has 6 heteroatoms. The van der Waals surface area contributed by atoms with E-state index in [-0.39, 0.29) is 10.3 Å². The smallest absolute Gasteiger partial charge is 0.307 e. The van der Waals surface area contributed by atoms with E-state index in [1.54, 1.807) is 24.3 Å². The van der Waals surface area contributed by atoms with Gasteiger partial charge in [0.1, 0.15) is 0 Å². The summed E-state index contributed by atoms with van der Waals surface area (Å²) in [4.78, 5) is 12.7. The van der Waals surface area contributed by atoms with Crippen LogP contribution in [0, 0.1) is 0 Å². The van der Waals surface area contributed by atoms with Crippen LogP contribution in [0.15, 0.2) is 35.2 Å². The molecule has 0 spiro atoms. The summed E-state index contributed by atoms with van der Waals surface area (Å²) in [5, 5.41) is 2.87. The molecule has 2 aliphatic carbocycles. The lowest BCUT2D eigenvalue weighted by molar-refractivity contribution is 0.256. The molecule has 0 fully saturated rings. The third-order valence-electron chi connectivity index (χ3n) is 5.97. The zero-order valence-corrected chi connectivity index (χ0v) is 18.1. The Balaban J connectivity index is 1.55. The molecule has 2 aromatic carbocycles. The molecule has 2 aromatic rings. The fraction of sp³-hybridized carbons (Fsp3) is 0.435. The van der Waals surface area contributed by atoms with Gasteiger partial charge in [-0.1, -0.05) is 39.0 Å². The van der Waals surface area contributed by atoms with Crippen LogP contribution in [0.25, 0.3) is 0 Å². The number of carbonyl (C=O) groups is 1. The number of carbonyl (C=O) groups excluding carboxylic acids is 1. The largest absolute Gasteiger partial charge is 0.333 e. The highest BCUT2D eigenvalue weighted by atomic mass is 32.2. The van der Waals surface area contributed by atoms with Crippen molar-refractivity contribution in [3.63, 3.8) is 0 Å². The molecule has 0 unspecified atom stereocenters. The van der Waals surface area contributed by atoms with E-state index in [4.69, 9.17) is 0 Å². The Morgan fingerprint density at radius 1 is 0.897 bits per heavy atom. The monoisotopic (exact) mass is 412 g/mol. The Morgan fingerprint density at radius 2 is 1.45 bits per heavy atom. The van der Waals surface area contributed by atoms with Crippen LogP contribution >= 0.6 is 0 Å². The van der Waals surface area contributed by atoms with Gasteiger partial charge in [-0.2, -0.15) is 0 Å². The highest BCUT2D eigenvalue weighted by Gasteiger charge is 2.26. The third-order valence-corrected chi connectivity index (χ3v) is 7.32. The summed E-state index contributed by atoms with van der Waals surface area (Å²) < 4.78 is 27.6. The normalized spacial score (nSPS) is 15.7. The minimum absolute atomic E-state index is 0.0683. The quantitative estimate of drug-likeness (QED) is 0.781. The molecule has 2 N–H and O–H groups in total. The van der Waals surface area contributed by atoms with Crippen molar-refractivity contribution < 1.29 is 13.2 Å². The van der Waals surface area contributed by atoms with E-state index < -0.39 is 16.1 Å². The van der Waals surface area contributed by atoms with Crippen molar-refractivity contribution in [2.45, 2.75) is 69.6 Å². The summed E-state index contributed by atoms with van der Waals surface area (Å²) in [6.45, 7) is 6.21. The van der Waals surface area contributed by atoms with E-state index in [1.807, 2.05) is 0 Å². The summed E-state index contributed by atoms with van der Waals surface area (Å²) in [5.41, 5.74) is 6.74. The zero-order valence-electron chi connectivity index (χ0n) is 17.3. The second-order valence-corrected chi connectivity index (χ2v) is 10.8. The van der Waals surface area contributed by atoms with Crippen molar-refractivity contribution in [3.05, 3.63) is 58.1 Å². The lowest BCUT2D eigenvalue weighted by Gasteiger charge is -2.19. The van der Waals surface area contributed by atoms with Gasteiger partial charge in [-0.3, -0.25) is 0 Å². The van der Waals surface area contributed by atoms with Gasteiger partial charge in [-0.05, 0) is 83.9 Å². The van der Waals surface area contributed by atoms with E-state index in [2.05, 4.69) is 36.9 Å². The molecule has 154 valence electrons. The molecule has 0 aliphatic heterocycles. The SMILES string of the molecule is CC(C)(C)c1ccc(S(=O)(=O)NC(=O)Nc2c3c(cc4c2CCC4)CCC3)cc1. The van der Waals surface area contributed by atoms with Gasteiger partial charge in [0.15, 0.2) is 0 Å². The molecule has 0 atom stereocenters. The maximum atomic E-state index is 12.7. The Bertz CT molecular complexity index is 1030. The number of anilines is 1. The molecule has 5 nitrogen and oxygen atoms in total. The van der Waals surface area contributed by atoms with Crippen LogP contribution < -0.4 is 10.0 Å². The van der Waals surface area contributed by atoms with E-state index in [9.17, 15) is 13.2 Å². The Hall–Kier alpha value is -2.34. The zero-order chi connectivity index (χ0) is 20.8. The summed E-state index contributed by atoms with van der Waals surface area (Å²) >= 11 is 0. The van der Waals surface area contributed by atoms with Gasteiger partial charge >= 0.3 is 6.03 Å². The summed E-state index contributed by atoms with van der Waals surface area (Å²) in [6.07, 6.45) is 6.06. The average Bonchev–Trinajstić information content (AvgIpc) is 3.29. The second kappa shape index (κ2) is 7.17. The fourth-order valence-electron chi connectivity index (χ4n) is 4.42. The number of nitrogens with one attached hydrogen (secondary N) is 2. The van der Waals surface area contributed by atoms with E-state index in [1.165, 1.54) is 22.3 Å². The number of benzene rings is 2. The molecule has 2 aliphatic rings. The van der Waals surface area contributed by atoms with Crippen molar-refractivity contribution in [2.24, 2.45) is 0 Å². The van der Waals surface area contributed by atoms with Crippen LogP contribution in [0.1, 0.15) is 61.4 Å². The van der Waals surface area contributed by atoms with Crippen LogP contribution in [-0.4, -0.2) is 14.4 Å². The Kier molecular flexibility index (Phi) is 4.93. The Labute approximate surface area is 173 Å². The predicted molar refractivity (Wildman–Crippen MR) is 115 cm³/mol. The minimum Gasteiger partial charge on any atom is -0.307 e. The summed E-state index contributed by atoms with van der Waals surface area (Å²) in [5.74, 6) is 0. The first-order valence-corrected chi connectivity index (χ1v) is 11.7. The first kappa shape index (κ1) is 20.0. The van der Waals surface area contributed by atoms with Crippen LogP contribution in [0.4, 0.5) is 10.5 Å². The molecule has 0 heterocycles. The van der Waals surface area contributed by atoms with Crippen molar-refractivity contribution in [1.82, 2.24) is 4.72 Å². The molecule has 29 heavy (non-hydrogen) atoms. The number of hydrogen-bond acceptors (Lipinski definition) is 3. The first-order valence-electron chi connectivity index (χ1n) is 10.3. The van der Waals surface area contributed by atoms with Gasteiger partial charge in [0.2, 0.25) is 0 Å². The number of fused-ring (bicyclic) bond motifs is 2. The van der Waals surface area contributed by atoms with Crippen molar-refractivity contribution in [2.75, 3.05) is 5.32 Å². The Morgan fingerprint density at radius 3 is 1.97 bits per heavy atom. The number of hydrogen-bond donors (Lipinski definition) is 2.